The fourth-order valence-electron chi connectivity index (χ4n) is 7.71. The highest BCUT2D eigenvalue weighted by Gasteiger charge is 2.21. The lowest BCUT2D eigenvalue weighted by Gasteiger charge is -2.26. The van der Waals surface area contributed by atoms with E-state index in [0.717, 1.165) is 61.2 Å². The Morgan fingerprint density at radius 3 is 2.12 bits per heavy atom. The number of fused-ring (bicyclic) bond motifs is 8. The van der Waals surface area contributed by atoms with E-state index in [-0.39, 0.29) is 0 Å². The Morgan fingerprint density at radius 1 is 0.442 bits per heavy atom. The molecular weight excluding hydrogens is 657 g/mol. The molecule has 3 aromatic heterocycles. The molecule has 11 rings (SSSR count). The third kappa shape index (κ3) is 4.57. The number of hydrogen-bond donors (Lipinski definition) is 0. The molecular formula is C47H28N2O2S. The van der Waals surface area contributed by atoms with Gasteiger partial charge in [0.15, 0.2) is 5.58 Å². The average Bonchev–Trinajstić information content (AvgIpc) is 3.91. The summed E-state index contributed by atoms with van der Waals surface area (Å²) >= 11 is 1.83. The van der Waals surface area contributed by atoms with Crippen molar-refractivity contribution in [2.45, 2.75) is 0 Å². The van der Waals surface area contributed by atoms with Crippen LogP contribution >= 0.6 is 11.3 Å². The fraction of sp³-hybridized carbons (Fsp3) is 0. The largest absolute Gasteiger partial charge is 0.456 e. The summed E-state index contributed by atoms with van der Waals surface area (Å²) < 4.78 is 15.3. The molecule has 0 bridgehead atoms. The zero-order valence-electron chi connectivity index (χ0n) is 27.8. The number of nitrogens with zero attached hydrogens (tertiary/aromatic N) is 2. The Kier molecular flexibility index (Phi) is 6.39. The van der Waals surface area contributed by atoms with Gasteiger partial charge in [-0.3, -0.25) is 0 Å². The van der Waals surface area contributed by atoms with E-state index in [1.165, 1.54) is 36.5 Å². The van der Waals surface area contributed by atoms with Crippen molar-refractivity contribution in [1.82, 2.24) is 4.98 Å². The van der Waals surface area contributed by atoms with Gasteiger partial charge in [-0.15, -0.1) is 11.3 Å². The minimum absolute atomic E-state index is 0.578. The molecule has 0 fully saturated rings. The van der Waals surface area contributed by atoms with Gasteiger partial charge in [0.05, 0.1) is 0 Å². The molecule has 8 aromatic carbocycles. The summed E-state index contributed by atoms with van der Waals surface area (Å²) in [5.41, 5.74) is 9.65. The van der Waals surface area contributed by atoms with Crippen molar-refractivity contribution < 1.29 is 8.83 Å². The lowest BCUT2D eigenvalue weighted by atomic mass is 9.97. The SMILES string of the molecule is c1cc(-c2cccc3ccccc23)cc(N(c2ccc3c(c2)sc2ccccc23)c2ccc3oc4cccc(-c5nc6ccccc6o5)c4c3c2)c1. The molecule has 11 aromatic rings. The van der Waals surface area contributed by atoms with Gasteiger partial charge in [-0.25, -0.2) is 4.98 Å². The van der Waals surface area contributed by atoms with Gasteiger partial charge in [-0.2, -0.15) is 0 Å². The van der Waals surface area contributed by atoms with Crippen LogP contribution in [0.25, 0.3) is 86.6 Å². The van der Waals surface area contributed by atoms with Gasteiger partial charge in [-0.1, -0.05) is 97.1 Å². The van der Waals surface area contributed by atoms with Crippen molar-refractivity contribution >= 4 is 92.4 Å². The van der Waals surface area contributed by atoms with Crippen LogP contribution in [0.1, 0.15) is 0 Å². The van der Waals surface area contributed by atoms with E-state index < -0.39 is 0 Å². The number of furan rings is 1. The highest BCUT2D eigenvalue weighted by atomic mass is 32.1. The first-order chi connectivity index (χ1) is 25.7. The number of benzene rings is 8. The molecule has 0 saturated carbocycles. The topological polar surface area (TPSA) is 42.4 Å². The molecule has 0 spiro atoms. The second-order valence-corrected chi connectivity index (χ2v) is 14.2. The number of thiophene rings is 1. The third-order valence-corrected chi connectivity index (χ3v) is 11.2. The first-order valence-corrected chi connectivity index (χ1v) is 18.2. The highest BCUT2D eigenvalue weighted by Crippen LogP contribution is 2.44. The Morgan fingerprint density at radius 2 is 1.15 bits per heavy atom. The number of rotatable bonds is 5. The van der Waals surface area contributed by atoms with Gasteiger partial charge in [0.1, 0.15) is 16.7 Å². The fourth-order valence-corrected chi connectivity index (χ4v) is 8.85. The van der Waals surface area contributed by atoms with Crippen molar-refractivity contribution in [2.75, 3.05) is 4.90 Å². The molecule has 0 N–H and O–H groups in total. The molecule has 4 nitrogen and oxygen atoms in total. The number of oxazole rings is 1. The van der Waals surface area contributed by atoms with E-state index in [1.54, 1.807) is 0 Å². The van der Waals surface area contributed by atoms with Crippen LogP contribution in [0.15, 0.2) is 179 Å². The van der Waals surface area contributed by atoms with Crippen LogP contribution in [0.2, 0.25) is 0 Å². The van der Waals surface area contributed by atoms with E-state index in [9.17, 15) is 0 Å². The first-order valence-electron chi connectivity index (χ1n) is 17.4. The maximum absolute atomic E-state index is 6.46. The van der Waals surface area contributed by atoms with Gasteiger partial charge in [0.2, 0.25) is 5.89 Å². The molecule has 0 radical (unpaired) electrons. The van der Waals surface area contributed by atoms with Crippen LogP contribution in [0.5, 0.6) is 0 Å². The van der Waals surface area contributed by atoms with E-state index in [4.69, 9.17) is 13.8 Å². The molecule has 5 heteroatoms. The van der Waals surface area contributed by atoms with Crippen LogP contribution in [-0.4, -0.2) is 4.98 Å². The Bertz CT molecular complexity index is 3130. The zero-order chi connectivity index (χ0) is 34.2. The molecule has 0 unspecified atom stereocenters. The van der Waals surface area contributed by atoms with Crippen molar-refractivity contribution in [1.29, 1.82) is 0 Å². The van der Waals surface area contributed by atoms with Crippen molar-refractivity contribution in [3.8, 4) is 22.6 Å². The van der Waals surface area contributed by atoms with Gasteiger partial charge < -0.3 is 13.7 Å². The van der Waals surface area contributed by atoms with E-state index in [0.29, 0.717) is 5.89 Å². The third-order valence-electron chi connectivity index (χ3n) is 10.1. The minimum atomic E-state index is 0.578. The van der Waals surface area contributed by atoms with Gasteiger partial charge >= 0.3 is 0 Å². The van der Waals surface area contributed by atoms with Crippen molar-refractivity contribution in [3.05, 3.63) is 170 Å². The van der Waals surface area contributed by atoms with Crippen LogP contribution in [0.4, 0.5) is 17.1 Å². The smallest absolute Gasteiger partial charge is 0.228 e. The second-order valence-electron chi connectivity index (χ2n) is 13.1. The normalized spacial score (nSPS) is 11.8. The monoisotopic (exact) mass is 684 g/mol. The number of aromatic nitrogens is 1. The van der Waals surface area contributed by atoms with E-state index >= 15 is 0 Å². The second kappa shape index (κ2) is 11.4. The predicted octanol–water partition coefficient (Wildman–Crippen LogP) is 14.1. The summed E-state index contributed by atoms with van der Waals surface area (Å²) in [5.74, 6) is 0.578. The summed E-state index contributed by atoms with van der Waals surface area (Å²) in [6.45, 7) is 0. The summed E-state index contributed by atoms with van der Waals surface area (Å²) in [4.78, 5) is 7.22. The molecule has 52 heavy (non-hydrogen) atoms. The maximum atomic E-state index is 6.46. The maximum Gasteiger partial charge on any atom is 0.228 e. The number of para-hydroxylation sites is 2. The Labute approximate surface area is 302 Å². The molecule has 0 amide bonds. The van der Waals surface area contributed by atoms with E-state index in [1.807, 2.05) is 47.7 Å². The van der Waals surface area contributed by atoms with Crippen LogP contribution in [0.3, 0.4) is 0 Å². The molecule has 244 valence electrons. The summed E-state index contributed by atoms with van der Waals surface area (Å²) in [6.07, 6.45) is 0. The lowest BCUT2D eigenvalue weighted by Crippen LogP contribution is -2.10. The quantitative estimate of drug-likeness (QED) is 0.181. The van der Waals surface area contributed by atoms with Crippen molar-refractivity contribution in [3.63, 3.8) is 0 Å². The number of anilines is 3. The number of hydrogen-bond acceptors (Lipinski definition) is 5. The van der Waals surface area contributed by atoms with Gasteiger partial charge in [0, 0.05) is 53.6 Å². The highest BCUT2D eigenvalue weighted by molar-refractivity contribution is 7.25. The van der Waals surface area contributed by atoms with Crippen LogP contribution in [0, 0.1) is 0 Å². The molecule has 0 saturated heterocycles. The Hall–Kier alpha value is -6.69. The minimum Gasteiger partial charge on any atom is -0.456 e. The molecule has 0 aliphatic rings. The Balaban J connectivity index is 1.14. The van der Waals surface area contributed by atoms with Gasteiger partial charge in [0.25, 0.3) is 0 Å². The lowest BCUT2D eigenvalue weighted by molar-refractivity contribution is 0.620. The van der Waals surface area contributed by atoms with Crippen molar-refractivity contribution in [2.24, 2.45) is 0 Å². The van der Waals surface area contributed by atoms with Crippen LogP contribution in [-0.2, 0) is 0 Å². The van der Waals surface area contributed by atoms with Crippen LogP contribution < -0.4 is 4.90 Å². The molecule has 3 heterocycles. The van der Waals surface area contributed by atoms with E-state index in [2.05, 4.69) is 138 Å². The molecule has 0 aliphatic heterocycles. The van der Waals surface area contributed by atoms with Gasteiger partial charge in [-0.05, 0) is 94.7 Å². The predicted molar refractivity (Wildman–Crippen MR) is 217 cm³/mol. The summed E-state index contributed by atoms with van der Waals surface area (Å²) in [7, 11) is 0. The summed E-state index contributed by atoms with van der Waals surface area (Å²) in [6, 6.07) is 59.9. The molecule has 0 aliphatic carbocycles. The molecule has 0 atom stereocenters. The zero-order valence-corrected chi connectivity index (χ0v) is 28.6. The first kappa shape index (κ1) is 29.1. The average molecular weight is 685 g/mol. The standard InChI is InChI=1S/C47H28N2O2S/c1-2-14-34-29(10-1)11-8-16-35(34)30-12-7-13-31(26-30)49(33-22-24-37-36-15-3-6-21-44(36)52-45(37)28-33)32-23-25-41-39(27-32)46-38(17-9-20-43(46)50-41)47-48-40-18-4-5-19-42(40)51-47/h1-28H. The summed E-state index contributed by atoms with van der Waals surface area (Å²) in [5, 5.41) is 7.01.